The average molecular weight is 305 g/mol. The van der Waals surface area contributed by atoms with Crippen molar-refractivity contribution < 1.29 is 9.53 Å². The van der Waals surface area contributed by atoms with E-state index in [1.807, 2.05) is 91.8 Å². The highest BCUT2D eigenvalue weighted by Gasteiger charge is 2.24. The summed E-state index contributed by atoms with van der Waals surface area (Å²) in [5.74, 6) is 0.285. The lowest BCUT2D eigenvalue weighted by atomic mass is 10.1. The lowest BCUT2D eigenvalue weighted by molar-refractivity contribution is -0.139. The van der Waals surface area contributed by atoms with E-state index in [0.717, 1.165) is 16.3 Å². The van der Waals surface area contributed by atoms with Crippen LogP contribution in [-0.4, -0.2) is 25.0 Å². The number of carbonyl (C=O) groups is 1. The molecular weight excluding hydrogens is 286 g/mol. The van der Waals surface area contributed by atoms with Gasteiger partial charge in [0.2, 0.25) is 0 Å². The van der Waals surface area contributed by atoms with E-state index in [9.17, 15) is 4.79 Å². The standard InChI is InChI=1S/C20H19NO2/c1-21(2)19(16-9-4-3-5-10-16)20(22)23-18-13-12-15-8-6-7-11-17(15)14-18/h3-14,19H,1-2H3. The molecule has 3 aromatic rings. The van der Waals surface area contributed by atoms with Crippen LogP contribution in [0, 0.1) is 0 Å². The van der Waals surface area contributed by atoms with Crippen LogP contribution >= 0.6 is 0 Å². The van der Waals surface area contributed by atoms with Crippen molar-refractivity contribution in [3.05, 3.63) is 78.4 Å². The number of benzene rings is 3. The summed E-state index contributed by atoms with van der Waals surface area (Å²) in [7, 11) is 3.75. The summed E-state index contributed by atoms with van der Waals surface area (Å²) in [6, 6.07) is 22.9. The summed E-state index contributed by atoms with van der Waals surface area (Å²) in [6.45, 7) is 0. The van der Waals surface area contributed by atoms with Crippen LogP contribution in [0.2, 0.25) is 0 Å². The van der Waals surface area contributed by atoms with Gasteiger partial charge in [-0.25, -0.2) is 4.79 Å². The first-order valence-corrected chi connectivity index (χ1v) is 7.57. The molecule has 116 valence electrons. The highest BCUT2D eigenvalue weighted by Crippen LogP contribution is 2.24. The molecule has 0 aliphatic carbocycles. The van der Waals surface area contributed by atoms with Gasteiger partial charge in [-0.05, 0) is 42.6 Å². The number of carbonyl (C=O) groups excluding carboxylic acids is 1. The van der Waals surface area contributed by atoms with Gasteiger partial charge in [0.15, 0.2) is 0 Å². The van der Waals surface area contributed by atoms with Crippen LogP contribution < -0.4 is 4.74 Å². The summed E-state index contributed by atoms with van der Waals surface area (Å²) in [4.78, 5) is 14.5. The van der Waals surface area contributed by atoms with Crippen LogP contribution in [0.3, 0.4) is 0 Å². The second kappa shape index (κ2) is 6.63. The van der Waals surface area contributed by atoms with Gasteiger partial charge in [0.1, 0.15) is 11.8 Å². The Morgan fingerprint density at radius 2 is 1.52 bits per heavy atom. The molecule has 3 aromatic carbocycles. The minimum atomic E-state index is -0.428. The number of hydrogen-bond acceptors (Lipinski definition) is 3. The molecule has 0 aromatic heterocycles. The molecule has 0 N–H and O–H groups in total. The molecule has 0 aliphatic heterocycles. The predicted molar refractivity (Wildman–Crippen MR) is 92.5 cm³/mol. The summed E-state index contributed by atoms with van der Waals surface area (Å²) >= 11 is 0. The Labute approximate surface area is 136 Å². The summed E-state index contributed by atoms with van der Waals surface area (Å²) < 4.78 is 5.62. The van der Waals surface area contributed by atoms with Gasteiger partial charge >= 0.3 is 5.97 Å². The monoisotopic (exact) mass is 305 g/mol. The molecule has 0 amide bonds. The van der Waals surface area contributed by atoms with Crippen LogP contribution in [0.1, 0.15) is 11.6 Å². The zero-order valence-corrected chi connectivity index (χ0v) is 13.3. The van der Waals surface area contributed by atoms with E-state index in [4.69, 9.17) is 4.74 Å². The van der Waals surface area contributed by atoms with E-state index in [0.29, 0.717) is 5.75 Å². The Morgan fingerprint density at radius 3 is 2.22 bits per heavy atom. The maximum Gasteiger partial charge on any atom is 0.333 e. The van der Waals surface area contributed by atoms with Gasteiger partial charge in [-0.1, -0.05) is 60.7 Å². The third-order valence-electron chi connectivity index (χ3n) is 3.79. The minimum Gasteiger partial charge on any atom is -0.425 e. The van der Waals surface area contributed by atoms with Gasteiger partial charge in [0.25, 0.3) is 0 Å². The van der Waals surface area contributed by atoms with Crippen molar-refractivity contribution in [2.24, 2.45) is 0 Å². The van der Waals surface area contributed by atoms with E-state index < -0.39 is 6.04 Å². The molecule has 0 spiro atoms. The third-order valence-corrected chi connectivity index (χ3v) is 3.79. The third kappa shape index (κ3) is 3.41. The van der Waals surface area contributed by atoms with E-state index in [1.165, 1.54) is 0 Å². The van der Waals surface area contributed by atoms with Gasteiger partial charge in [0, 0.05) is 0 Å². The van der Waals surface area contributed by atoms with Gasteiger partial charge in [-0.3, -0.25) is 4.90 Å². The molecular formula is C20H19NO2. The van der Waals surface area contributed by atoms with Gasteiger partial charge in [-0.2, -0.15) is 0 Å². The minimum absolute atomic E-state index is 0.281. The Hall–Kier alpha value is -2.65. The first-order chi connectivity index (χ1) is 11.1. The summed E-state index contributed by atoms with van der Waals surface area (Å²) in [5.41, 5.74) is 0.920. The number of likely N-dealkylation sites (N-methyl/N-ethyl adjacent to an activating group) is 1. The zero-order chi connectivity index (χ0) is 16.2. The molecule has 3 rings (SSSR count). The quantitative estimate of drug-likeness (QED) is 0.538. The maximum atomic E-state index is 12.6. The van der Waals surface area contributed by atoms with Crippen LogP contribution in [0.4, 0.5) is 0 Å². The molecule has 0 aliphatic rings. The SMILES string of the molecule is CN(C)C(C(=O)Oc1ccc2ccccc2c1)c1ccccc1. The molecule has 0 saturated carbocycles. The topological polar surface area (TPSA) is 29.5 Å². The van der Waals surface area contributed by atoms with Gasteiger partial charge in [0.05, 0.1) is 0 Å². The number of ether oxygens (including phenoxy) is 1. The number of esters is 1. The molecule has 23 heavy (non-hydrogen) atoms. The Bertz CT molecular complexity index is 812. The lowest BCUT2D eigenvalue weighted by Crippen LogP contribution is -2.31. The predicted octanol–water partition coefficient (Wildman–Crippen LogP) is 4.05. The van der Waals surface area contributed by atoms with E-state index in [2.05, 4.69) is 0 Å². The molecule has 0 bridgehead atoms. The summed E-state index contributed by atoms with van der Waals surface area (Å²) in [5, 5.41) is 2.18. The van der Waals surface area contributed by atoms with Crippen molar-refractivity contribution >= 4 is 16.7 Å². The molecule has 1 unspecified atom stereocenters. The molecule has 0 fully saturated rings. The van der Waals surface area contributed by atoms with Gasteiger partial charge < -0.3 is 4.74 Å². The molecule has 3 nitrogen and oxygen atoms in total. The first kappa shape index (κ1) is 15.3. The normalized spacial score (nSPS) is 12.3. The second-order valence-corrected chi connectivity index (χ2v) is 5.71. The van der Waals surface area contributed by atoms with Crippen molar-refractivity contribution in [2.75, 3.05) is 14.1 Å². The molecule has 0 heterocycles. The Morgan fingerprint density at radius 1 is 0.870 bits per heavy atom. The number of fused-ring (bicyclic) bond motifs is 1. The van der Waals surface area contributed by atoms with Crippen LogP contribution in [0.15, 0.2) is 72.8 Å². The fraction of sp³-hybridized carbons (Fsp3) is 0.150. The Kier molecular flexibility index (Phi) is 4.40. The maximum absolute atomic E-state index is 12.6. The highest BCUT2D eigenvalue weighted by molar-refractivity contribution is 5.85. The first-order valence-electron chi connectivity index (χ1n) is 7.57. The van der Waals surface area contributed by atoms with Gasteiger partial charge in [-0.15, -0.1) is 0 Å². The smallest absolute Gasteiger partial charge is 0.333 e. The van der Waals surface area contributed by atoms with E-state index in [1.54, 1.807) is 0 Å². The van der Waals surface area contributed by atoms with Crippen molar-refractivity contribution in [3.63, 3.8) is 0 Å². The molecule has 0 radical (unpaired) electrons. The fourth-order valence-electron chi connectivity index (χ4n) is 2.68. The lowest BCUT2D eigenvalue weighted by Gasteiger charge is -2.22. The zero-order valence-electron chi connectivity index (χ0n) is 13.3. The molecule has 1 atom stereocenters. The fourth-order valence-corrected chi connectivity index (χ4v) is 2.68. The number of hydrogen-bond donors (Lipinski definition) is 0. The van der Waals surface area contributed by atoms with Crippen molar-refractivity contribution in [1.29, 1.82) is 0 Å². The second-order valence-electron chi connectivity index (χ2n) is 5.71. The summed E-state index contributed by atoms with van der Waals surface area (Å²) in [6.07, 6.45) is 0. The largest absolute Gasteiger partial charge is 0.425 e. The number of rotatable bonds is 4. The molecule has 3 heteroatoms. The van der Waals surface area contributed by atoms with E-state index in [-0.39, 0.29) is 5.97 Å². The number of nitrogens with zero attached hydrogens (tertiary/aromatic N) is 1. The highest BCUT2D eigenvalue weighted by atomic mass is 16.5. The Balaban J connectivity index is 1.86. The van der Waals surface area contributed by atoms with Crippen molar-refractivity contribution in [1.82, 2.24) is 4.90 Å². The average Bonchev–Trinajstić information content (AvgIpc) is 2.55. The van der Waals surface area contributed by atoms with Crippen molar-refractivity contribution in [3.8, 4) is 5.75 Å². The van der Waals surface area contributed by atoms with Crippen LogP contribution in [-0.2, 0) is 4.79 Å². The van der Waals surface area contributed by atoms with Crippen LogP contribution in [0.5, 0.6) is 5.75 Å². The van der Waals surface area contributed by atoms with Crippen molar-refractivity contribution in [2.45, 2.75) is 6.04 Å². The van der Waals surface area contributed by atoms with Crippen LogP contribution in [0.25, 0.3) is 10.8 Å². The van der Waals surface area contributed by atoms with E-state index >= 15 is 0 Å². The molecule has 0 saturated heterocycles.